The van der Waals surface area contributed by atoms with Gasteiger partial charge >= 0.3 is 0 Å². The number of aromatic amines is 1. The minimum atomic E-state index is -0.192. The van der Waals surface area contributed by atoms with Crippen LogP contribution >= 0.6 is 11.6 Å². The van der Waals surface area contributed by atoms with Gasteiger partial charge in [-0.25, -0.2) is 0 Å². The Morgan fingerprint density at radius 2 is 2.22 bits per heavy atom. The first-order chi connectivity index (χ1) is 11.1. The SMILES string of the molecule is COc1ccncc1CNC(=O)c1cc2c(C)cc(Cl)cc2[nH]1. The molecular formula is C17H16ClN3O2. The first kappa shape index (κ1) is 15.4. The van der Waals surface area contributed by atoms with Crippen LogP contribution < -0.4 is 10.1 Å². The second-order valence-corrected chi connectivity index (χ2v) is 5.67. The number of fused-ring (bicyclic) bond motifs is 1. The first-order valence-corrected chi connectivity index (χ1v) is 7.50. The minimum absolute atomic E-state index is 0.192. The fourth-order valence-electron chi connectivity index (χ4n) is 2.51. The predicted octanol–water partition coefficient (Wildman–Crippen LogP) is 3.46. The number of ether oxygens (including phenoxy) is 1. The molecule has 0 atom stereocenters. The van der Waals surface area contributed by atoms with Gasteiger partial charge in [0, 0.05) is 40.4 Å². The van der Waals surface area contributed by atoms with E-state index in [4.69, 9.17) is 16.3 Å². The number of nitrogens with one attached hydrogen (secondary N) is 2. The summed E-state index contributed by atoms with van der Waals surface area (Å²) in [6, 6.07) is 7.28. The molecule has 2 N–H and O–H groups in total. The molecule has 0 aliphatic heterocycles. The molecule has 3 rings (SSSR count). The lowest BCUT2D eigenvalue weighted by atomic mass is 10.1. The Kier molecular flexibility index (Phi) is 4.21. The van der Waals surface area contributed by atoms with Gasteiger partial charge in [-0.15, -0.1) is 0 Å². The van der Waals surface area contributed by atoms with Crippen molar-refractivity contribution in [1.82, 2.24) is 15.3 Å². The highest BCUT2D eigenvalue weighted by atomic mass is 35.5. The number of pyridine rings is 1. The zero-order valence-electron chi connectivity index (χ0n) is 12.8. The molecule has 3 aromatic rings. The number of amides is 1. The van der Waals surface area contributed by atoms with Gasteiger partial charge in [0.25, 0.3) is 5.91 Å². The molecule has 0 bridgehead atoms. The summed E-state index contributed by atoms with van der Waals surface area (Å²) in [5.74, 6) is 0.502. The summed E-state index contributed by atoms with van der Waals surface area (Å²) in [6.07, 6.45) is 3.32. The smallest absolute Gasteiger partial charge is 0.268 e. The Morgan fingerprint density at radius 3 is 3.00 bits per heavy atom. The second-order valence-electron chi connectivity index (χ2n) is 5.24. The zero-order valence-corrected chi connectivity index (χ0v) is 13.6. The maximum Gasteiger partial charge on any atom is 0.268 e. The molecule has 0 fully saturated rings. The molecule has 0 spiro atoms. The van der Waals surface area contributed by atoms with Crippen molar-refractivity contribution in [1.29, 1.82) is 0 Å². The molecule has 1 amide bonds. The third kappa shape index (κ3) is 3.14. The Labute approximate surface area is 138 Å². The van der Waals surface area contributed by atoms with Crippen LogP contribution in [-0.2, 0) is 6.54 Å². The van der Waals surface area contributed by atoms with E-state index in [1.165, 1.54) is 0 Å². The van der Waals surface area contributed by atoms with Crippen molar-refractivity contribution in [2.45, 2.75) is 13.5 Å². The van der Waals surface area contributed by atoms with Crippen LogP contribution in [-0.4, -0.2) is 23.0 Å². The number of aryl methyl sites for hydroxylation is 1. The second kappa shape index (κ2) is 6.30. The number of benzene rings is 1. The molecule has 0 aliphatic carbocycles. The highest BCUT2D eigenvalue weighted by Crippen LogP contribution is 2.24. The van der Waals surface area contributed by atoms with Crippen LogP contribution in [0.15, 0.2) is 36.7 Å². The van der Waals surface area contributed by atoms with Crippen LogP contribution in [0.2, 0.25) is 5.02 Å². The van der Waals surface area contributed by atoms with E-state index in [9.17, 15) is 4.79 Å². The lowest BCUT2D eigenvalue weighted by Gasteiger charge is -2.08. The van der Waals surface area contributed by atoms with E-state index >= 15 is 0 Å². The van der Waals surface area contributed by atoms with Crippen LogP contribution in [0, 0.1) is 6.92 Å². The van der Waals surface area contributed by atoms with Crippen LogP contribution in [0.25, 0.3) is 10.9 Å². The summed E-state index contributed by atoms with van der Waals surface area (Å²) in [5, 5.41) is 4.49. The van der Waals surface area contributed by atoms with E-state index in [2.05, 4.69) is 15.3 Å². The number of carbonyl (C=O) groups is 1. The maximum atomic E-state index is 12.3. The quantitative estimate of drug-likeness (QED) is 0.770. The Bertz CT molecular complexity index is 873. The van der Waals surface area contributed by atoms with Crippen molar-refractivity contribution in [2.24, 2.45) is 0 Å². The van der Waals surface area contributed by atoms with E-state index < -0.39 is 0 Å². The first-order valence-electron chi connectivity index (χ1n) is 7.12. The number of carbonyl (C=O) groups excluding carboxylic acids is 1. The third-order valence-corrected chi connectivity index (χ3v) is 3.89. The molecule has 5 nitrogen and oxygen atoms in total. The Hall–Kier alpha value is -2.53. The lowest BCUT2D eigenvalue weighted by molar-refractivity contribution is 0.0946. The highest BCUT2D eigenvalue weighted by Gasteiger charge is 2.12. The normalized spacial score (nSPS) is 10.7. The molecule has 0 radical (unpaired) electrons. The molecular weight excluding hydrogens is 314 g/mol. The van der Waals surface area contributed by atoms with Crippen molar-refractivity contribution < 1.29 is 9.53 Å². The van der Waals surface area contributed by atoms with Crippen molar-refractivity contribution in [3.63, 3.8) is 0 Å². The van der Waals surface area contributed by atoms with Crippen LogP contribution in [0.3, 0.4) is 0 Å². The Balaban J connectivity index is 1.80. The van der Waals surface area contributed by atoms with Crippen molar-refractivity contribution in [3.05, 3.63) is 58.5 Å². The van der Waals surface area contributed by atoms with E-state index in [0.717, 1.165) is 22.0 Å². The molecule has 0 aliphatic rings. The van der Waals surface area contributed by atoms with Gasteiger partial charge in [0.1, 0.15) is 11.4 Å². The number of methoxy groups -OCH3 is 1. The monoisotopic (exact) mass is 329 g/mol. The standard InChI is InChI=1S/C17H16ClN3O2/c1-10-5-12(18)6-14-13(10)7-15(21-14)17(22)20-9-11-8-19-4-3-16(11)23-2/h3-8,21H,9H2,1-2H3,(H,20,22). The number of nitrogens with zero attached hydrogens (tertiary/aromatic N) is 1. The number of aromatic nitrogens is 2. The van der Waals surface area contributed by atoms with Crippen LogP contribution in [0.1, 0.15) is 21.6 Å². The van der Waals surface area contributed by atoms with E-state index in [0.29, 0.717) is 23.0 Å². The number of hydrogen-bond donors (Lipinski definition) is 2. The van der Waals surface area contributed by atoms with Gasteiger partial charge in [-0.2, -0.15) is 0 Å². The average molecular weight is 330 g/mol. The van der Waals surface area contributed by atoms with Gasteiger partial charge in [0.05, 0.1) is 7.11 Å². The lowest BCUT2D eigenvalue weighted by Crippen LogP contribution is -2.23. The number of hydrogen-bond acceptors (Lipinski definition) is 3. The Morgan fingerprint density at radius 1 is 1.39 bits per heavy atom. The summed E-state index contributed by atoms with van der Waals surface area (Å²) in [4.78, 5) is 19.5. The van der Waals surface area contributed by atoms with Crippen LogP contribution in [0.4, 0.5) is 0 Å². The molecule has 6 heteroatoms. The number of H-pyrrole nitrogens is 1. The third-order valence-electron chi connectivity index (χ3n) is 3.67. The summed E-state index contributed by atoms with van der Waals surface area (Å²) in [5.41, 5.74) is 3.18. The minimum Gasteiger partial charge on any atom is -0.496 e. The molecule has 2 heterocycles. The van der Waals surface area contributed by atoms with Crippen molar-refractivity contribution >= 4 is 28.4 Å². The zero-order chi connectivity index (χ0) is 16.4. The largest absolute Gasteiger partial charge is 0.496 e. The van der Waals surface area contributed by atoms with Gasteiger partial charge in [0.2, 0.25) is 0 Å². The van der Waals surface area contributed by atoms with Gasteiger partial charge < -0.3 is 15.0 Å². The fraction of sp³-hybridized carbons (Fsp3) is 0.176. The van der Waals surface area contributed by atoms with Gasteiger partial charge in [0.15, 0.2) is 0 Å². The van der Waals surface area contributed by atoms with Gasteiger partial charge in [-0.3, -0.25) is 9.78 Å². The topological polar surface area (TPSA) is 67.0 Å². The maximum absolute atomic E-state index is 12.3. The van der Waals surface area contributed by atoms with Crippen molar-refractivity contribution in [3.8, 4) is 5.75 Å². The van der Waals surface area contributed by atoms with Gasteiger partial charge in [-0.05, 0) is 36.8 Å². The molecule has 23 heavy (non-hydrogen) atoms. The molecule has 1 aromatic carbocycles. The molecule has 0 saturated carbocycles. The summed E-state index contributed by atoms with van der Waals surface area (Å²) in [6.45, 7) is 2.30. The van der Waals surface area contributed by atoms with E-state index in [-0.39, 0.29) is 5.91 Å². The van der Waals surface area contributed by atoms with E-state index in [1.54, 1.807) is 25.6 Å². The highest BCUT2D eigenvalue weighted by molar-refractivity contribution is 6.31. The summed E-state index contributed by atoms with van der Waals surface area (Å²) in [7, 11) is 1.59. The van der Waals surface area contributed by atoms with Crippen molar-refractivity contribution in [2.75, 3.05) is 7.11 Å². The molecule has 0 saturated heterocycles. The predicted molar refractivity (Wildman–Crippen MR) is 90.0 cm³/mol. The molecule has 0 unspecified atom stereocenters. The van der Waals surface area contributed by atoms with E-state index in [1.807, 2.05) is 25.1 Å². The van der Waals surface area contributed by atoms with Gasteiger partial charge in [-0.1, -0.05) is 11.6 Å². The molecule has 2 aromatic heterocycles. The molecule has 118 valence electrons. The summed E-state index contributed by atoms with van der Waals surface area (Å²) < 4.78 is 5.25. The number of halogens is 1. The fourth-order valence-corrected chi connectivity index (χ4v) is 2.79. The van der Waals surface area contributed by atoms with Crippen LogP contribution in [0.5, 0.6) is 5.75 Å². The average Bonchev–Trinajstić information content (AvgIpc) is 2.97. The summed E-state index contributed by atoms with van der Waals surface area (Å²) >= 11 is 6.05. The number of rotatable bonds is 4.